The molecule has 3 heterocycles. The molecule has 26 heavy (non-hydrogen) atoms. The Morgan fingerprint density at radius 1 is 1.23 bits per heavy atom. The highest BCUT2D eigenvalue weighted by Gasteiger charge is 2.35. The average Bonchev–Trinajstić information content (AvgIpc) is 3.36. The van der Waals surface area contributed by atoms with Crippen molar-refractivity contribution in [3.05, 3.63) is 57.7 Å². The first-order valence-electron chi connectivity index (χ1n) is 8.88. The number of aryl methyl sites for hydroxylation is 2. The molecule has 5 nitrogen and oxygen atoms in total. The van der Waals surface area contributed by atoms with Crippen LogP contribution in [0.2, 0.25) is 0 Å². The van der Waals surface area contributed by atoms with Crippen LogP contribution in [0.1, 0.15) is 45.6 Å². The van der Waals surface area contributed by atoms with E-state index in [1.807, 2.05) is 59.3 Å². The molecule has 1 unspecified atom stereocenters. The Hall–Kier alpha value is -2.47. The lowest BCUT2D eigenvalue weighted by Crippen LogP contribution is -2.31. The molecular formula is C20H22N4OS. The van der Waals surface area contributed by atoms with Crippen LogP contribution in [0.3, 0.4) is 0 Å². The Morgan fingerprint density at radius 2 is 2.00 bits per heavy atom. The number of carbonyl (C=O) groups is 1. The molecule has 0 saturated carbocycles. The van der Waals surface area contributed by atoms with Gasteiger partial charge < -0.3 is 4.90 Å². The third-order valence-electron chi connectivity index (χ3n) is 5.17. The molecule has 4 rings (SSSR count). The Bertz CT molecular complexity index is 944. The van der Waals surface area contributed by atoms with E-state index in [0.29, 0.717) is 5.01 Å². The van der Waals surface area contributed by atoms with Crippen LogP contribution < -0.4 is 0 Å². The first-order valence-corrected chi connectivity index (χ1v) is 9.76. The van der Waals surface area contributed by atoms with Gasteiger partial charge in [0.1, 0.15) is 0 Å². The number of carbonyl (C=O) groups excluding carboxylic acids is 1. The van der Waals surface area contributed by atoms with Crippen LogP contribution in [-0.2, 0) is 7.05 Å². The molecule has 134 valence electrons. The van der Waals surface area contributed by atoms with Crippen LogP contribution in [0.15, 0.2) is 35.7 Å². The van der Waals surface area contributed by atoms with Crippen molar-refractivity contribution in [1.82, 2.24) is 19.7 Å². The minimum Gasteiger partial charge on any atom is -0.329 e. The van der Waals surface area contributed by atoms with Gasteiger partial charge in [-0.15, -0.1) is 11.3 Å². The molecular weight excluding hydrogens is 344 g/mol. The van der Waals surface area contributed by atoms with Crippen molar-refractivity contribution in [3.63, 3.8) is 0 Å². The molecule has 0 bridgehead atoms. The van der Waals surface area contributed by atoms with E-state index in [1.165, 1.54) is 16.9 Å². The van der Waals surface area contributed by atoms with Gasteiger partial charge in [0.15, 0.2) is 5.01 Å². The molecule has 1 aliphatic rings. The van der Waals surface area contributed by atoms with Gasteiger partial charge in [-0.2, -0.15) is 5.10 Å². The standard InChI is InChI=1S/C20H22N4OS/c1-13-18(14(2)23(3)22-13)17-10-7-11-24(17)20(25)19-21-16(12-26-19)15-8-5-4-6-9-15/h4-6,8-9,12,17H,7,10-11H2,1-3H3. The lowest BCUT2D eigenvalue weighted by molar-refractivity contribution is 0.0734. The van der Waals surface area contributed by atoms with E-state index in [2.05, 4.69) is 17.0 Å². The van der Waals surface area contributed by atoms with Crippen LogP contribution in [0, 0.1) is 13.8 Å². The number of nitrogens with zero attached hydrogens (tertiary/aromatic N) is 4. The monoisotopic (exact) mass is 366 g/mol. The number of amides is 1. The normalized spacial score (nSPS) is 17.0. The van der Waals surface area contributed by atoms with Crippen molar-refractivity contribution < 1.29 is 4.79 Å². The third kappa shape index (κ3) is 2.84. The lowest BCUT2D eigenvalue weighted by atomic mass is 10.0. The van der Waals surface area contributed by atoms with Crippen molar-refractivity contribution in [2.45, 2.75) is 32.7 Å². The molecule has 1 aliphatic heterocycles. The largest absolute Gasteiger partial charge is 0.329 e. The zero-order valence-corrected chi connectivity index (χ0v) is 16.1. The summed E-state index contributed by atoms with van der Waals surface area (Å²) in [5.41, 5.74) is 5.25. The minimum atomic E-state index is 0.0299. The third-order valence-corrected chi connectivity index (χ3v) is 6.00. The molecule has 1 amide bonds. The van der Waals surface area contributed by atoms with Gasteiger partial charge in [0, 0.05) is 35.8 Å². The second kappa shape index (κ2) is 6.68. The van der Waals surface area contributed by atoms with Crippen molar-refractivity contribution in [2.75, 3.05) is 6.54 Å². The number of rotatable bonds is 3. The molecule has 3 aromatic rings. The summed E-state index contributed by atoms with van der Waals surface area (Å²) in [5, 5.41) is 7.06. The van der Waals surface area contributed by atoms with Gasteiger partial charge in [-0.1, -0.05) is 30.3 Å². The molecule has 0 N–H and O–H groups in total. The zero-order valence-electron chi connectivity index (χ0n) is 15.3. The first kappa shape index (κ1) is 17.0. The molecule has 0 radical (unpaired) electrons. The van der Waals surface area contributed by atoms with Gasteiger partial charge in [0.2, 0.25) is 0 Å². The number of benzene rings is 1. The molecule has 0 spiro atoms. The van der Waals surface area contributed by atoms with E-state index in [-0.39, 0.29) is 11.9 Å². The quantitative estimate of drug-likeness (QED) is 0.700. The van der Waals surface area contributed by atoms with Gasteiger partial charge in [0.05, 0.1) is 17.4 Å². The summed E-state index contributed by atoms with van der Waals surface area (Å²) in [6.07, 6.45) is 2.00. The highest BCUT2D eigenvalue weighted by Crippen LogP contribution is 2.37. The first-order chi connectivity index (χ1) is 12.6. The van der Waals surface area contributed by atoms with Crippen LogP contribution in [-0.4, -0.2) is 32.1 Å². The smallest absolute Gasteiger partial charge is 0.283 e. The highest BCUT2D eigenvalue weighted by molar-refractivity contribution is 7.12. The second-order valence-electron chi connectivity index (χ2n) is 6.77. The average molecular weight is 366 g/mol. The van der Waals surface area contributed by atoms with E-state index < -0.39 is 0 Å². The number of hydrogen-bond donors (Lipinski definition) is 0. The summed E-state index contributed by atoms with van der Waals surface area (Å²) < 4.78 is 1.91. The fourth-order valence-corrected chi connectivity index (χ4v) is 4.60. The summed E-state index contributed by atoms with van der Waals surface area (Å²) in [5.74, 6) is 0.0299. The van der Waals surface area contributed by atoms with Gasteiger partial charge in [-0.3, -0.25) is 9.48 Å². The van der Waals surface area contributed by atoms with E-state index in [1.54, 1.807) is 0 Å². The molecule has 0 aliphatic carbocycles. The maximum atomic E-state index is 13.2. The van der Waals surface area contributed by atoms with Crippen molar-refractivity contribution in [3.8, 4) is 11.3 Å². The van der Waals surface area contributed by atoms with Crippen molar-refractivity contribution >= 4 is 17.2 Å². The summed E-state index contributed by atoms with van der Waals surface area (Å²) in [6, 6.07) is 10.1. The Labute approximate surface area is 157 Å². The molecule has 6 heteroatoms. The molecule has 2 aromatic heterocycles. The maximum absolute atomic E-state index is 13.2. The Balaban J connectivity index is 1.63. The topological polar surface area (TPSA) is 51.0 Å². The summed E-state index contributed by atoms with van der Waals surface area (Å²) in [4.78, 5) is 19.7. The van der Waals surface area contributed by atoms with Gasteiger partial charge in [-0.25, -0.2) is 4.98 Å². The van der Waals surface area contributed by atoms with Crippen molar-refractivity contribution in [1.29, 1.82) is 0 Å². The van der Waals surface area contributed by atoms with Gasteiger partial charge >= 0.3 is 0 Å². The maximum Gasteiger partial charge on any atom is 0.283 e. The van der Waals surface area contributed by atoms with Crippen LogP contribution in [0.25, 0.3) is 11.3 Å². The molecule has 1 saturated heterocycles. The van der Waals surface area contributed by atoms with Crippen LogP contribution in [0.5, 0.6) is 0 Å². The minimum absolute atomic E-state index is 0.0299. The van der Waals surface area contributed by atoms with Crippen LogP contribution in [0.4, 0.5) is 0 Å². The van der Waals surface area contributed by atoms with Gasteiger partial charge in [-0.05, 0) is 26.7 Å². The molecule has 1 fully saturated rings. The van der Waals surface area contributed by atoms with E-state index >= 15 is 0 Å². The fourth-order valence-electron chi connectivity index (χ4n) is 3.82. The fraction of sp³-hybridized carbons (Fsp3) is 0.350. The predicted octanol–water partition coefficient (Wildman–Crippen LogP) is 4.14. The van der Waals surface area contributed by atoms with Crippen molar-refractivity contribution in [2.24, 2.45) is 7.05 Å². The zero-order chi connectivity index (χ0) is 18.3. The van der Waals surface area contributed by atoms with E-state index in [0.717, 1.165) is 42.0 Å². The number of hydrogen-bond acceptors (Lipinski definition) is 4. The molecule has 1 atom stereocenters. The second-order valence-corrected chi connectivity index (χ2v) is 7.63. The Kier molecular flexibility index (Phi) is 4.36. The molecule has 1 aromatic carbocycles. The number of likely N-dealkylation sites (tertiary alicyclic amines) is 1. The van der Waals surface area contributed by atoms with Crippen LogP contribution >= 0.6 is 11.3 Å². The number of aromatic nitrogens is 3. The lowest BCUT2D eigenvalue weighted by Gasteiger charge is -2.24. The predicted molar refractivity (Wildman–Crippen MR) is 103 cm³/mol. The van der Waals surface area contributed by atoms with E-state index in [9.17, 15) is 4.79 Å². The Morgan fingerprint density at radius 3 is 2.69 bits per heavy atom. The highest BCUT2D eigenvalue weighted by atomic mass is 32.1. The number of thiazole rings is 1. The summed E-state index contributed by atoms with van der Waals surface area (Å²) in [6.45, 7) is 4.88. The van der Waals surface area contributed by atoms with E-state index in [4.69, 9.17) is 0 Å². The summed E-state index contributed by atoms with van der Waals surface area (Å²) >= 11 is 1.43. The SMILES string of the molecule is Cc1nn(C)c(C)c1C1CCCN1C(=O)c1nc(-c2ccccc2)cs1. The summed E-state index contributed by atoms with van der Waals surface area (Å²) in [7, 11) is 1.96. The van der Waals surface area contributed by atoms with Gasteiger partial charge in [0.25, 0.3) is 5.91 Å².